The van der Waals surface area contributed by atoms with Crippen LogP contribution < -0.4 is 5.32 Å². The Morgan fingerprint density at radius 2 is 2.22 bits per heavy atom. The summed E-state index contributed by atoms with van der Waals surface area (Å²) in [6.07, 6.45) is 5.84. The average molecular weight is 322 g/mol. The number of ether oxygens (including phenoxy) is 1. The number of rotatable bonds is 4. The van der Waals surface area contributed by atoms with Crippen molar-refractivity contribution in [2.75, 3.05) is 25.0 Å². The Bertz CT molecular complexity index is 519. The van der Waals surface area contributed by atoms with E-state index in [1.54, 1.807) is 0 Å². The van der Waals surface area contributed by atoms with Crippen LogP contribution in [0.15, 0.2) is 12.4 Å². The van der Waals surface area contributed by atoms with E-state index in [9.17, 15) is 4.79 Å². The van der Waals surface area contributed by atoms with E-state index in [-0.39, 0.29) is 6.09 Å². The first-order valence-corrected chi connectivity index (χ1v) is 8.50. The topological polar surface area (TPSA) is 59.4 Å². The molecule has 0 radical (unpaired) electrons. The molecular weight excluding hydrogens is 292 g/mol. The van der Waals surface area contributed by atoms with Crippen molar-refractivity contribution in [3.8, 4) is 0 Å². The maximum Gasteiger partial charge on any atom is 0.410 e. The molecule has 6 heteroatoms. The van der Waals surface area contributed by atoms with Crippen LogP contribution in [0.25, 0.3) is 0 Å². The van der Waals surface area contributed by atoms with Crippen molar-refractivity contribution in [3.63, 3.8) is 0 Å². The molecule has 1 aromatic heterocycles. The first-order valence-electron chi connectivity index (χ1n) is 8.50. The van der Waals surface area contributed by atoms with Crippen molar-refractivity contribution < 1.29 is 9.53 Å². The number of hydrogen-bond donors (Lipinski definition) is 1. The maximum atomic E-state index is 12.2. The first-order chi connectivity index (χ1) is 10.7. The maximum absolute atomic E-state index is 12.2. The number of likely N-dealkylation sites (tertiary alicyclic amines) is 1. The smallest absolute Gasteiger partial charge is 0.410 e. The number of carbonyl (C=O) groups is 1. The zero-order valence-corrected chi connectivity index (χ0v) is 15.0. The van der Waals surface area contributed by atoms with Crippen LogP contribution in [0, 0.1) is 5.92 Å². The van der Waals surface area contributed by atoms with Gasteiger partial charge < -0.3 is 15.0 Å². The molecule has 2 heterocycles. The van der Waals surface area contributed by atoms with Crippen molar-refractivity contribution in [1.82, 2.24) is 14.7 Å². The van der Waals surface area contributed by atoms with Gasteiger partial charge in [-0.25, -0.2) is 4.79 Å². The Labute approximate surface area is 139 Å². The fourth-order valence-corrected chi connectivity index (χ4v) is 2.70. The summed E-state index contributed by atoms with van der Waals surface area (Å²) in [5.74, 6) is 0.443. The Hall–Kier alpha value is -1.72. The van der Waals surface area contributed by atoms with E-state index in [2.05, 4.69) is 24.3 Å². The summed E-state index contributed by atoms with van der Waals surface area (Å²) >= 11 is 0. The molecule has 0 saturated carbocycles. The third-order valence-corrected chi connectivity index (χ3v) is 3.90. The second-order valence-electron chi connectivity index (χ2n) is 7.62. The fourth-order valence-electron chi connectivity index (χ4n) is 2.70. The van der Waals surface area contributed by atoms with Gasteiger partial charge in [-0.05, 0) is 53.4 Å². The largest absolute Gasteiger partial charge is 0.444 e. The second kappa shape index (κ2) is 7.23. The Kier molecular flexibility index (Phi) is 5.55. The molecule has 1 aromatic rings. The molecule has 2 rings (SSSR count). The first kappa shape index (κ1) is 17.6. The number of amides is 1. The minimum atomic E-state index is -0.437. The highest BCUT2D eigenvalue weighted by Gasteiger charge is 2.27. The van der Waals surface area contributed by atoms with Crippen LogP contribution in [-0.2, 0) is 4.74 Å². The minimum Gasteiger partial charge on any atom is -0.444 e. The third kappa shape index (κ3) is 5.44. The van der Waals surface area contributed by atoms with Gasteiger partial charge in [0.25, 0.3) is 0 Å². The number of carbonyl (C=O) groups excluding carboxylic acids is 1. The lowest BCUT2D eigenvalue weighted by molar-refractivity contribution is 0.0172. The van der Waals surface area contributed by atoms with Crippen LogP contribution in [0.4, 0.5) is 10.5 Å². The zero-order chi connectivity index (χ0) is 17.0. The number of hydrogen-bond acceptors (Lipinski definition) is 4. The van der Waals surface area contributed by atoms with Gasteiger partial charge in [-0.3, -0.25) is 4.68 Å². The van der Waals surface area contributed by atoms with Gasteiger partial charge in [-0.15, -0.1) is 0 Å². The number of piperidine rings is 1. The lowest BCUT2D eigenvalue weighted by Gasteiger charge is -2.34. The summed E-state index contributed by atoms with van der Waals surface area (Å²) in [5.41, 5.74) is 0.598. The van der Waals surface area contributed by atoms with Gasteiger partial charge in [0.05, 0.1) is 11.9 Å². The molecular formula is C17H30N4O2. The van der Waals surface area contributed by atoms with E-state index in [4.69, 9.17) is 4.74 Å². The van der Waals surface area contributed by atoms with Gasteiger partial charge >= 0.3 is 6.09 Å². The van der Waals surface area contributed by atoms with Crippen LogP contribution >= 0.6 is 0 Å². The molecule has 1 saturated heterocycles. The number of nitrogens with zero attached hydrogens (tertiary/aromatic N) is 3. The molecule has 1 unspecified atom stereocenters. The number of nitrogens with one attached hydrogen (secondary N) is 1. The zero-order valence-electron chi connectivity index (χ0n) is 15.0. The molecule has 1 fully saturated rings. The van der Waals surface area contributed by atoms with Crippen LogP contribution in [0.5, 0.6) is 0 Å². The lowest BCUT2D eigenvalue weighted by Crippen LogP contribution is -2.44. The summed E-state index contributed by atoms with van der Waals surface area (Å²) in [6.45, 7) is 12.3. The molecule has 0 aromatic carbocycles. The molecule has 1 aliphatic rings. The van der Waals surface area contributed by atoms with E-state index < -0.39 is 5.60 Å². The molecule has 0 spiro atoms. The quantitative estimate of drug-likeness (QED) is 0.921. The molecule has 6 nitrogen and oxygen atoms in total. The van der Waals surface area contributed by atoms with Gasteiger partial charge in [-0.1, -0.05) is 0 Å². The Morgan fingerprint density at radius 1 is 1.48 bits per heavy atom. The predicted molar refractivity (Wildman–Crippen MR) is 91.6 cm³/mol. The summed E-state index contributed by atoms with van der Waals surface area (Å²) in [7, 11) is 0. The van der Waals surface area contributed by atoms with E-state index in [1.165, 1.54) is 0 Å². The molecule has 1 amide bonds. The van der Waals surface area contributed by atoms with Crippen molar-refractivity contribution in [2.45, 2.75) is 59.1 Å². The van der Waals surface area contributed by atoms with E-state index in [0.29, 0.717) is 12.0 Å². The highest BCUT2D eigenvalue weighted by molar-refractivity contribution is 5.68. The SMILES string of the molecule is CC(C)n1cc(NCC2CCCN(C(=O)OC(C)(C)C)C2)cn1. The monoisotopic (exact) mass is 322 g/mol. The molecule has 1 atom stereocenters. The number of aromatic nitrogens is 2. The van der Waals surface area contributed by atoms with Gasteiger partial charge in [0.1, 0.15) is 5.60 Å². The van der Waals surface area contributed by atoms with Crippen molar-refractivity contribution >= 4 is 11.8 Å². The molecule has 0 bridgehead atoms. The Balaban J connectivity index is 1.82. The molecule has 0 aliphatic carbocycles. The predicted octanol–water partition coefficient (Wildman–Crippen LogP) is 3.52. The van der Waals surface area contributed by atoms with E-state index in [0.717, 1.165) is 38.2 Å². The van der Waals surface area contributed by atoms with Crippen molar-refractivity contribution in [2.24, 2.45) is 5.92 Å². The summed E-state index contributed by atoms with van der Waals surface area (Å²) in [5, 5.41) is 7.77. The van der Waals surface area contributed by atoms with Crippen LogP contribution in [-0.4, -0.2) is 46.0 Å². The normalized spacial score (nSPS) is 19.0. The van der Waals surface area contributed by atoms with Gasteiger partial charge in [0, 0.05) is 31.9 Å². The van der Waals surface area contributed by atoms with Gasteiger partial charge in [0.15, 0.2) is 0 Å². The average Bonchev–Trinajstić information content (AvgIpc) is 2.93. The van der Waals surface area contributed by atoms with Crippen LogP contribution in [0.2, 0.25) is 0 Å². The van der Waals surface area contributed by atoms with E-state index in [1.807, 2.05) is 42.7 Å². The molecule has 1 aliphatic heterocycles. The van der Waals surface area contributed by atoms with Gasteiger partial charge in [-0.2, -0.15) is 5.10 Å². The minimum absolute atomic E-state index is 0.199. The molecule has 23 heavy (non-hydrogen) atoms. The third-order valence-electron chi connectivity index (χ3n) is 3.90. The second-order valence-corrected chi connectivity index (χ2v) is 7.62. The summed E-state index contributed by atoms with van der Waals surface area (Å²) < 4.78 is 7.41. The van der Waals surface area contributed by atoms with E-state index >= 15 is 0 Å². The standard InChI is InChI=1S/C17H30N4O2/c1-13(2)21-12-15(10-19-21)18-9-14-7-6-8-20(11-14)16(22)23-17(3,4)5/h10,12-14,18H,6-9,11H2,1-5H3. The summed E-state index contributed by atoms with van der Waals surface area (Å²) in [6, 6.07) is 0.364. The summed E-state index contributed by atoms with van der Waals surface area (Å²) in [4.78, 5) is 14.0. The van der Waals surface area contributed by atoms with Crippen molar-refractivity contribution in [1.29, 1.82) is 0 Å². The van der Waals surface area contributed by atoms with Gasteiger partial charge in [0.2, 0.25) is 0 Å². The van der Waals surface area contributed by atoms with Crippen LogP contribution in [0.3, 0.4) is 0 Å². The molecule has 130 valence electrons. The highest BCUT2D eigenvalue weighted by atomic mass is 16.6. The lowest BCUT2D eigenvalue weighted by atomic mass is 9.98. The number of anilines is 1. The van der Waals surface area contributed by atoms with Crippen LogP contribution in [0.1, 0.15) is 53.5 Å². The Morgan fingerprint density at radius 3 is 2.83 bits per heavy atom. The highest BCUT2D eigenvalue weighted by Crippen LogP contribution is 2.20. The van der Waals surface area contributed by atoms with Crippen molar-refractivity contribution in [3.05, 3.63) is 12.4 Å². The molecule has 1 N–H and O–H groups in total. The fraction of sp³-hybridized carbons (Fsp3) is 0.765.